The molecule has 0 aliphatic heterocycles. The Balaban J connectivity index is 2.39. The maximum atomic E-state index is 12.3. The van der Waals surface area contributed by atoms with Crippen molar-refractivity contribution in [2.24, 2.45) is 0 Å². The zero-order chi connectivity index (χ0) is 15.1. The van der Waals surface area contributed by atoms with Crippen LogP contribution in [0.25, 0.3) is 11.3 Å². The van der Waals surface area contributed by atoms with Crippen LogP contribution in [0.2, 0.25) is 5.02 Å². The van der Waals surface area contributed by atoms with E-state index in [-0.39, 0.29) is 5.56 Å². The lowest BCUT2D eigenvalue weighted by molar-refractivity contribution is 0.0694. The molecule has 3 rings (SSSR count). The highest BCUT2D eigenvalue weighted by molar-refractivity contribution is 6.30. The van der Waals surface area contributed by atoms with E-state index in [1.807, 2.05) is 6.92 Å². The second-order valence-corrected chi connectivity index (χ2v) is 4.96. The fourth-order valence-electron chi connectivity index (χ4n) is 2.20. The van der Waals surface area contributed by atoms with Crippen LogP contribution in [-0.4, -0.2) is 25.3 Å². The normalized spacial score (nSPS) is 11.0. The molecule has 0 atom stereocenters. The summed E-state index contributed by atoms with van der Waals surface area (Å²) < 4.78 is 2.84. The summed E-state index contributed by atoms with van der Waals surface area (Å²) in [7, 11) is 0. The number of hydrogen-bond acceptors (Lipinski definition) is 3. The molecule has 2 heterocycles. The Morgan fingerprint density at radius 3 is 2.57 bits per heavy atom. The Labute approximate surface area is 123 Å². The first-order chi connectivity index (χ1) is 9.99. The first-order valence-corrected chi connectivity index (χ1v) is 6.46. The average molecular weight is 304 g/mol. The molecule has 0 saturated carbocycles. The highest BCUT2D eigenvalue weighted by Crippen LogP contribution is 2.17. The zero-order valence-corrected chi connectivity index (χ0v) is 11.7. The third-order valence-electron chi connectivity index (χ3n) is 3.14. The molecule has 0 unspecified atom stereocenters. The molecule has 0 saturated heterocycles. The molecule has 21 heavy (non-hydrogen) atoms. The number of benzene rings is 1. The number of carbonyl (C=O) groups is 1. The van der Waals surface area contributed by atoms with E-state index in [1.54, 1.807) is 35.0 Å². The van der Waals surface area contributed by atoms with Gasteiger partial charge in [0.2, 0.25) is 0 Å². The molecule has 2 aromatic heterocycles. The smallest absolute Gasteiger partial charge is 0.343 e. The molecule has 7 heteroatoms. The molecule has 0 radical (unpaired) electrons. The van der Waals surface area contributed by atoms with Crippen molar-refractivity contribution >= 4 is 23.2 Å². The number of nitrogens with zero attached hydrogens (tertiary/aromatic N) is 3. The van der Waals surface area contributed by atoms with Gasteiger partial charge in [-0.1, -0.05) is 11.6 Å². The Morgan fingerprint density at radius 2 is 1.95 bits per heavy atom. The van der Waals surface area contributed by atoms with Gasteiger partial charge in [-0.15, -0.1) is 0 Å². The Morgan fingerprint density at radius 1 is 1.29 bits per heavy atom. The molecule has 0 aliphatic carbocycles. The molecule has 0 aliphatic rings. The summed E-state index contributed by atoms with van der Waals surface area (Å²) in [6, 6.07) is 8.59. The number of halogens is 1. The molecule has 106 valence electrons. The highest BCUT2D eigenvalue weighted by atomic mass is 35.5. The Kier molecular flexibility index (Phi) is 3.03. The monoisotopic (exact) mass is 303 g/mol. The summed E-state index contributed by atoms with van der Waals surface area (Å²) >= 11 is 5.86. The summed E-state index contributed by atoms with van der Waals surface area (Å²) in [5.41, 5.74) is 0.830. The van der Waals surface area contributed by atoms with Gasteiger partial charge < -0.3 is 5.11 Å². The van der Waals surface area contributed by atoms with Crippen molar-refractivity contribution < 1.29 is 9.90 Å². The van der Waals surface area contributed by atoms with Gasteiger partial charge in [-0.3, -0.25) is 4.79 Å². The first-order valence-electron chi connectivity index (χ1n) is 6.08. The molecule has 0 amide bonds. The number of hydrogen-bond donors (Lipinski definition) is 1. The van der Waals surface area contributed by atoms with E-state index in [9.17, 15) is 9.59 Å². The van der Waals surface area contributed by atoms with Gasteiger partial charge in [0.25, 0.3) is 5.56 Å². The fraction of sp³-hybridized carbons (Fsp3) is 0.0714. The SMILES string of the molecule is Cc1cc2ncc(C(=O)O)c(=O)n2n1-c1ccc(Cl)cc1. The van der Waals surface area contributed by atoms with Crippen LogP contribution in [0, 0.1) is 6.92 Å². The van der Waals surface area contributed by atoms with E-state index in [1.165, 1.54) is 4.52 Å². The number of rotatable bonds is 2. The molecule has 0 spiro atoms. The van der Waals surface area contributed by atoms with Crippen molar-refractivity contribution in [3.8, 4) is 5.69 Å². The van der Waals surface area contributed by atoms with E-state index in [4.69, 9.17) is 16.7 Å². The summed E-state index contributed by atoms with van der Waals surface area (Å²) in [4.78, 5) is 27.4. The highest BCUT2D eigenvalue weighted by Gasteiger charge is 2.16. The second-order valence-electron chi connectivity index (χ2n) is 4.53. The van der Waals surface area contributed by atoms with Gasteiger partial charge in [0, 0.05) is 23.0 Å². The predicted octanol–water partition coefficient (Wildman–Crippen LogP) is 2.15. The maximum absolute atomic E-state index is 12.3. The van der Waals surface area contributed by atoms with Crippen LogP contribution in [0.15, 0.2) is 41.3 Å². The fourth-order valence-corrected chi connectivity index (χ4v) is 2.33. The molecule has 1 aromatic carbocycles. The van der Waals surface area contributed by atoms with Crippen LogP contribution in [0.1, 0.15) is 16.1 Å². The summed E-state index contributed by atoms with van der Waals surface area (Å²) in [6.07, 6.45) is 1.08. The van der Waals surface area contributed by atoms with Crippen LogP contribution >= 0.6 is 11.6 Å². The van der Waals surface area contributed by atoms with Crippen molar-refractivity contribution in [2.45, 2.75) is 6.92 Å². The third kappa shape index (κ3) is 2.09. The van der Waals surface area contributed by atoms with Gasteiger partial charge >= 0.3 is 5.97 Å². The zero-order valence-electron chi connectivity index (χ0n) is 10.9. The summed E-state index contributed by atoms with van der Waals surface area (Å²) in [5, 5.41) is 9.62. The van der Waals surface area contributed by atoms with E-state index < -0.39 is 11.5 Å². The lowest BCUT2D eigenvalue weighted by atomic mass is 10.3. The summed E-state index contributed by atoms with van der Waals surface area (Å²) in [6.45, 7) is 1.81. The first kappa shape index (κ1) is 13.4. The minimum Gasteiger partial charge on any atom is -0.477 e. The van der Waals surface area contributed by atoms with Gasteiger partial charge in [0.1, 0.15) is 5.56 Å². The Hall–Kier alpha value is -2.60. The predicted molar refractivity (Wildman–Crippen MR) is 77.5 cm³/mol. The van der Waals surface area contributed by atoms with Crippen LogP contribution in [0.4, 0.5) is 0 Å². The van der Waals surface area contributed by atoms with Crippen LogP contribution < -0.4 is 5.56 Å². The number of fused-ring (bicyclic) bond motifs is 1. The molecular weight excluding hydrogens is 294 g/mol. The van der Waals surface area contributed by atoms with Crippen molar-refractivity contribution in [3.05, 3.63) is 63.2 Å². The number of aromatic carboxylic acids is 1. The lowest BCUT2D eigenvalue weighted by Gasteiger charge is -2.09. The average Bonchev–Trinajstić information content (AvgIpc) is 2.77. The van der Waals surface area contributed by atoms with Crippen molar-refractivity contribution in [3.63, 3.8) is 0 Å². The molecule has 1 N–H and O–H groups in total. The van der Waals surface area contributed by atoms with Gasteiger partial charge in [0.05, 0.1) is 5.69 Å². The van der Waals surface area contributed by atoms with Gasteiger partial charge in [-0.05, 0) is 31.2 Å². The number of aryl methyl sites for hydroxylation is 1. The number of carboxylic acids is 1. The molecule has 6 nitrogen and oxygen atoms in total. The second kappa shape index (κ2) is 4.75. The number of aromatic nitrogens is 3. The Bertz CT molecular complexity index is 910. The quantitative estimate of drug-likeness (QED) is 0.787. The van der Waals surface area contributed by atoms with Gasteiger partial charge in [0.15, 0.2) is 5.65 Å². The molecule has 0 fully saturated rings. The molecular formula is C14H10ClN3O3. The van der Waals surface area contributed by atoms with Crippen molar-refractivity contribution in [1.29, 1.82) is 0 Å². The van der Waals surface area contributed by atoms with Crippen molar-refractivity contribution in [2.75, 3.05) is 0 Å². The van der Waals surface area contributed by atoms with Gasteiger partial charge in [-0.2, -0.15) is 4.52 Å². The van der Waals surface area contributed by atoms with Crippen LogP contribution in [0.3, 0.4) is 0 Å². The third-order valence-corrected chi connectivity index (χ3v) is 3.39. The van der Waals surface area contributed by atoms with Crippen LogP contribution in [-0.2, 0) is 0 Å². The maximum Gasteiger partial charge on any atom is 0.343 e. The molecule has 0 bridgehead atoms. The van der Waals surface area contributed by atoms with Gasteiger partial charge in [-0.25, -0.2) is 14.5 Å². The van der Waals surface area contributed by atoms with E-state index >= 15 is 0 Å². The number of carboxylic acid groups (broad SMARTS) is 1. The van der Waals surface area contributed by atoms with Crippen LogP contribution in [0.5, 0.6) is 0 Å². The summed E-state index contributed by atoms with van der Waals surface area (Å²) in [5.74, 6) is -1.30. The lowest BCUT2D eigenvalue weighted by Crippen LogP contribution is -2.26. The minimum absolute atomic E-state index is 0.374. The topological polar surface area (TPSA) is 76.6 Å². The van der Waals surface area contributed by atoms with E-state index in [2.05, 4.69) is 4.98 Å². The minimum atomic E-state index is -1.30. The largest absolute Gasteiger partial charge is 0.477 e. The van der Waals surface area contributed by atoms with E-state index in [0.717, 1.165) is 11.9 Å². The standard InChI is InChI=1S/C14H10ClN3O3/c1-8-6-12-16-7-11(14(20)21)13(19)18(12)17(8)10-4-2-9(15)3-5-10/h2-7H,1H3,(H,20,21). The van der Waals surface area contributed by atoms with Crippen molar-refractivity contribution in [1.82, 2.24) is 14.2 Å². The molecule has 3 aromatic rings. The van der Waals surface area contributed by atoms with E-state index in [0.29, 0.717) is 16.4 Å².